The first-order chi connectivity index (χ1) is 8.77. The molecule has 1 aliphatic rings. The Hall–Kier alpha value is -0.670. The van der Waals surface area contributed by atoms with Gasteiger partial charge in [-0.15, -0.1) is 11.3 Å². The lowest BCUT2D eigenvalue weighted by Crippen LogP contribution is -2.43. The van der Waals surface area contributed by atoms with E-state index in [2.05, 4.69) is 11.4 Å². The van der Waals surface area contributed by atoms with Crippen LogP contribution in [0.1, 0.15) is 50.3 Å². The lowest BCUT2D eigenvalue weighted by molar-refractivity contribution is -0.148. The molecular formula is C15H22O2S. The van der Waals surface area contributed by atoms with Crippen LogP contribution in [-0.4, -0.2) is 18.0 Å². The summed E-state index contributed by atoms with van der Waals surface area (Å²) in [4.78, 5) is 13.8. The Morgan fingerprint density at radius 1 is 1.39 bits per heavy atom. The molecule has 0 spiro atoms. The molecule has 0 bridgehead atoms. The number of carbonyl (C=O) groups is 1. The summed E-state index contributed by atoms with van der Waals surface area (Å²) >= 11 is 1.73. The standard InChI is InChI=1S/C15H22O2S/c1-2-17-15(10-4-3-5-11-15)14(16)9-8-13-7-6-12-18-13/h6-7,12H,2-5,8-11H2,1H3. The zero-order chi connectivity index (χ0) is 12.8. The van der Waals surface area contributed by atoms with E-state index in [1.807, 2.05) is 13.0 Å². The fraction of sp³-hybridized carbons (Fsp3) is 0.667. The summed E-state index contributed by atoms with van der Waals surface area (Å²) in [7, 11) is 0. The van der Waals surface area contributed by atoms with E-state index in [9.17, 15) is 4.79 Å². The zero-order valence-electron chi connectivity index (χ0n) is 11.1. The Morgan fingerprint density at radius 2 is 2.17 bits per heavy atom. The summed E-state index contributed by atoms with van der Waals surface area (Å²) in [6.07, 6.45) is 6.84. The molecule has 0 unspecified atom stereocenters. The summed E-state index contributed by atoms with van der Waals surface area (Å²) in [5, 5.41) is 2.07. The summed E-state index contributed by atoms with van der Waals surface area (Å²) in [5.74, 6) is 0.317. The average molecular weight is 266 g/mol. The quantitative estimate of drug-likeness (QED) is 0.778. The zero-order valence-corrected chi connectivity index (χ0v) is 11.9. The van der Waals surface area contributed by atoms with Crippen LogP contribution in [0.3, 0.4) is 0 Å². The second-order valence-corrected chi connectivity index (χ2v) is 6.02. The van der Waals surface area contributed by atoms with Gasteiger partial charge in [-0.25, -0.2) is 0 Å². The Morgan fingerprint density at radius 3 is 2.78 bits per heavy atom. The third-order valence-electron chi connectivity index (χ3n) is 3.77. The lowest BCUT2D eigenvalue weighted by atomic mass is 9.80. The molecule has 0 aromatic carbocycles. The SMILES string of the molecule is CCOC1(C(=O)CCc2cccs2)CCCCC1. The van der Waals surface area contributed by atoms with E-state index in [1.54, 1.807) is 11.3 Å². The van der Waals surface area contributed by atoms with Crippen molar-refractivity contribution in [1.82, 2.24) is 0 Å². The van der Waals surface area contributed by atoms with E-state index >= 15 is 0 Å². The molecular weight excluding hydrogens is 244 g/mol. The number of hydrogen-bond acceptors (Lipinski definition) is 3. The van der Waals surface area contributed by atoms with Gasteiger partial charge >= 0.3 is 0 Å². The van der Waals surface area contributed by atoms with Gasteiger partial charge < -0.3 is 4.74 Å². The van der Waals surface area contributed by atoms with Gasteiger partial charge in [-0.3, -0.25) is 4.79 Å². The highest BCUT2D eigenvalue weighted by molar-refractivity contribution is 7.09. The molecule has 0 aliphatic heterocycles. The smallest absolute Gasteiger partial charge is 0.164 e. The maximum atomic E-state index is 12.5. The van der Waals surface area contributed by atoms with Crippen LogP contribution in [0, 0.1) is 0 Å². The monoisotopic (exact) mass is 266 g/mol. The first-order valence-corrected chi connectivity index (χ1v) is 7.84. The molecule has 1 heterocycles. The number of rotatable bonds is 6. The molecule has 18 heavy (non-hydrogen) atoms. The van der Waals surface area contributed by atoms with Gasteiger partial charge in [0.1, 0.15) is 5.60 Å². The van der Waals surface area contributed by atoms with E-state index < -0.39 is 5.60 Å². The van der Waals surface area contributed by atoms with Crippen LogP contribution in [0.2, 0.25) is 0 Å². The largest absolute Gasteiger partial charge is 0.368 e. The maximum absolute atomic E-state index is 12.5. The van der Waals surface area contributed by atoms with Gasteiger partial charge in [0.25, 0.3) is 0 Å². The van der Waals surface area contributed by atoms with Crippen molar-refractivity contribution in [2.24, 2.45) is 0 Å². The highest BCUT2D eigenvalue weighted by atomic mass is 32.1. The van der Waals surface area contributed by atoms with Crippen LogP contribution in [0.15, 0.2) is 17.5 Å². The van der Waals surface area contributed by atoms with E-state index in [0.717, 1.165) is 32.1 Å². The molecule has 1 saturated carbocycles. The lowest BCUT2D eigenvalue weighted by Gasteiger charge is -2.35. The Labute approximate surface area is 113 Å². The molecule has 3 heteroatoms. The summed E-state index contributed by atoms with van der Waals surface area (Å²) in [5.41, 5.74) is -0.454. The highest BCUT2D eigenvalue weighted by Gasteiger charge is 2.39. The normalized spacial score (nSPS) is 18.7. The Bertz CT molecular complexity index is 358. The third-order valence-corrected chi connectivity index (χ3v) is 4.70. The van der Waals surface area contributed by atoms with Crippen molar-refractivity contribution in [2.45, 2.75) is 57.5 Å². The van der Waals surface area contributed by atoms with Gasteiger partial charge in [0, 0.05) is 17.9 Å². The first-order valence-electron chi connectivity index (χ1n) is 6.96. The Kier molecular flexibility index (Phi) is 4.95. The van der Waals surface area contributed by atoms with Crippen LogP contribution in [0.4, 0.5) is 0 Å². The molecule has 1 aromatic heterocycles. The van der Waals surface area contributed by atoms with Crippen molar-refractivity contribution in [2.75, 3.05) is 6.61 Å². The van der Waals surface area contributed by atoms with Gasteiger partial charge in [0.05, 0.1) is 0 Å². The van der Waals surface area contributed by atoms with Crippen LogP contribution >= 0.6 is 11.3 Å². The van der Waals surface area contributed by atoms with E-state index in [-0.39, 0.29) is 0 Å². The molecule has 1 aromatic rings. The van der Waals surface area contributed by atoms with Crippen molar-refractivity contribution in [3.8, 4) is 0 Å². The molecule has 1 fully saturated rings. The van der Waals surface area contributed by atoms with Crippen molar-refractivity contribution in [3.63, 3.8) is 0 Å². The maximum Gasteiger partial charge on any atom is 0.164 e. The highest BCUT2D eigenvalue weighted by Crippen LogP contribution is 2.33. The van der Waals surface area contributed by atoms with Gasteiger partial charge in [-0.05, 0) is 37.6 Å². The molecule has 0 radical (unpaired) electrons. The number of thiophene rings is 1. The molecule has 0 saturated heterocycles. The second-order valence-electron chi connectivity index (χ2n) is 4.99. The topological polar surface area (TPSA) is 26.3 Å². The summed E-state index contributed by atoms with van der Waals surface area (Å²) < 4.78 is 5.86. The van der Waals surface area contributed by atoms with Crippen molar-refractivity contribution in [1.29, 1.82) is 0 Å². The molecule has 100 valence electrons. The molecule has 0 atom stereocenters. The molecule has 2 nitrogen and oxygen atoms in total. The van der Waals surface area contributed by atoms with Crippen LogP contribution < -0.4 is 0 Å². The number of carbonyl (C=O) groups excluding carboxylic acids is 1. The predicted octanol–water partition coefficient (Wildman–Crippen LogP) is 3.99. The third kappa shape index (κ3) is 3.21. The number of Topliss-reactive ketones (excluding diaryl/α,β-unsaturated/α-hetero) is 1. The fourth-order valence-electron chi connectivity index (χ4n) is 2.82. The minimum absolute atomic E-state index is 0.317. The van der Waals surface area contributed by atoms with Crippen molar-refractivity contribution in [3.05, 3.63) is 22.4 Å². The van der Waals surface area contributed by atoms with Crippen LogP contribution in [-0.2, 0) is 16.0 Å². The first kappa shape index (κ1) is 13.8. The van der Waals surface area contributed by atoms with Gasteiger partial charge in [-0.1, -0.05) is 25.3 Å². The van der Waals surface area contributed by atoms with Crippen LogP contribution in [0.5, 0.6) is 0 Å². The number of ketones is 1. The minimum Gasteiger partial charge on any atom is -0.368 e. The van der Waals surface area contributed by atoms with Gasteiger partial charge in [0.15, 0.2) is 5.78 Å². The second kappa shape index (κ2) is 6.48. The minimum atomic E-state index is -0.454. The van der Waals surface area contributed by atoms with E-state index in [0.29, 0.717) is 18.8 Å². The summed E-state index contributed by atoms with van der Waals surface area (Å²) in [6.45, 7) is 2.63. The van der Waals surface area contributed by atoms with E-state index in [4.69, 9.17) is 4.74 Å². The predicted molar refractivity (Wildman–Crippen MR) is 75.1 cm³/mol. The number of aryl methyl sites for hydroxylation is 1. The molecule has 1 aliphatic carbocycles. The number of hydrogen-bond donors (Lipinski definition) is 0. The molecule has 2 rings (SSSR count). The number of ether oxygens (including phenoxy) is 1. The summed E-state index contributed by atoms with van der Waals surface area (Å²) in [6, 6.07) is 4.15. The fourth-order valence-corrected chi connectivity index (χ4v) is 3.53. The van der Waals surface area contributed by atoms with E-state index in [1.165, 1.54) is 11.3 Å². The van der Waals surface area contributed by atoms with Crippen molar-refractivity contribution >= 4 is 17.1 Å². The van der Waals surface area contributed by atoms with Crippen molar-refractivity contribution < 1.29 is 9.53 Å². The average Bonchev–Trinajstić information content (AvgIpc) is 2.90. The van der Waals surface area contributed by atoms with Gasteiger partial charge in [-0.2, -0.15) is 0 Å². The van der Waals surface area contributed by atoms with Crippen LogP contribution in [0.25, 0.3) is 0 Å². The molecule has 0 amide bonds. The Balaban J connectivity index is 1.95. The molecule has 0 N–H and O–H groups in total. The van der Waals surface area contributed by atoms with Gasteiger partial charge in [0.2, 0.25) is 0 Å².